The van der Waals surface area contributed by atoms with Crippen molar-refractivity contribution in [1.82, 2.24) is 0 Å². The smallest absolute Gasteiger partial charge is 0.390 e. The van der Waals surface area contributed by atoms with Crippen molar-refractivity contribution in [2.75, 3.05) is 0 Å². The first-order valence-electron chi connectivity index (χ1n) is 9.05. The van der Waals surface area contributed by atoms with Crippen LogP contribution in [0.3, 0.4) is 0 Å². The van der Waals surface area contributed by atoms with E-state index in [4.69, 9.17) is 0 Å². The predicted molar refractivity (Wildman–Crippen MR) is 87.6 cm³/mol. The SMILES string of the molecule is CC1(C)CCC(/C(O)=C/C(=O)C2(CC(F)(F)F)CCCCC2)CC1. The summed E-state index contributed by atoms with van der Waals surface area (Å²) in [6.07, 6.45) is 1.90. The van der Waals surface area contributed by atoms with Crippen LogP contribution in [0.1, 0.15) is 78.1 Å². The number of rotatable bonds is 4. The van der Waals surface area contributed by atoms with Crippen LogP contribution < -0.4 is 0 Å². The van der Waals surface area contributed by atoms with E-state index < -0.39 is 23.8 Å². The average molecular weight is 346 g/mol. The molecule has 0 aromatic rings. The Morgan fingerprint density at radius 3 is 2.12 bits per heavy atom. The Bertz CT molecular complexity index is 475. The van der Waals surface area contributed by atoms with Gasteiger partial charge in [0.1, 0.15) is 0 Å². The minimum Gasteiger partial charge on any atom is -0.512 e. The summed E-state index contributed by atoms with van der Waals surface area (Å²) in [5, 5.41) is 10.3. The second-order valence-corrected chi connectivity index (χ2v) is 8.50. The molecule has 0 unspecified atom stereocenters. The van der Waals surface area contributed by atoms with E-state index in [-0.39, 0.29) is 29.9 Å². The largest absolute Gasteiger partial charge is 0.512 e. The van der Waals surface area contributed by atoms with Gasteiger partial charge in [-0.05, 0) is 43.9 Å². The summed E-state index contributed by atoms with van der Waals surface area (Å²) in [7, 11) is 0. The van der Waals surface area contributed by atoms with Crippen molar-refractivity contribution in [3.05, 3.63) is 11.8 Å². The number of hydrogen-bond donors (Lipinski definition) is 1. The van der Waals surface area contributed by atoms with Gasteiger partial charge in [-0.15, -0.1) is 0 Å². The zero-order valence-electron chi connectivity index (χ0n) is 14.7. The van der Waals surface area contributed by atoms with Crippen molar-refractivity contribution in [3.63, 3.8) is 0 Å². The van der Waals surface area contributed by atoms with Gasteiger partial charge in [-0.3, -0.25) is 4.79 Å². The lowest BCUT2D eigenvalue weighted by atomic mass is 9.68. The molecule has 2 nitrogen and oxygen atoms in total. The van der Waals surface area contributed by atoms with Crippen LogP contribution in [0.4, 0.5) is 13.2 Å². The van der Waals surface area contributed by atoms with Crippen LogP contribution in [0.15, 0.2) is 11.8 Å². The third-order valence-corrected chi connectivity index (χ3v) is 5.91. The highest BCUT2D eigenvalue weighted by Crippen LogP contribution is 2.46. The van der Waals surface area contributed by atoms with E-state index in [1.165, 1.54) is 0 Å². The summed E-state index contributed by atoms with van der Waals surface area (Å²) < 4.78 is 39.0. The van der Waals surface area contributed by atoms with E-state index in [0.717, 1.165) is 38.2 Å². The molecule has 1 N–H and O–H groups in total. The average Bonchev–Trinajstić information content (AvgIpc) is 2.46. The Morgan fingerprint density at radius 2 is 1.62 bits per heavy atom. The van der Waals surface area contributed by atoms with Crippen LogP contribution in [0.2, 0.25) is 0 Å². The quantitative estimate of drug-likeness (QED) is 0.492. The highest BCUT2D eigenvalue weighted by atomic mass is 19.4. The molecule has 2 aliphatic carbocycles. The maximum atomic E-state index is 13.0. The molecule has 2 saturated carbocycles. The molecule has 24 heavy (non-hydrogen) atoms. The molecule has 0 aromatic carbocycles. The van der Waals surface area contributed by atoms with Crippen LogP contribution in [0, 0.1) is 16.7 Å². The fourth-order valence-corrected chi connectivity index (χ4v) is 4.22. The number of carbonyl (C=O) groups is 1. The number of halogens is 3. The number of hydrogen-bond acceptors (Lipinski definition) is 2. The van der Waals surface area contributed by atoms with Gasteiger partial charge >= 0.3 is 6.18 Å². The first kappa shape index (κ1) is 19.3. The molecule has 0 amide bonds. The normalized spacial score (nSPS) is 25.5. The van der Waals surface area contributed by atoms with Crippen LogP contribution in [-0.2, 0) is 4.79 Å². The van der Waals surface area contributed by atoms with Gasteiger partial charge in [-0.2, -0.15) is 13.2 Å². The molecule has 0 aromatic heterocycles. The zero-order chi connectivity index (χ0) is 18.0. The molecule has 138 valence electrons. The number of aliphatic hydroxyl groups is 1. The monoisotopic (exact) mass is 346 g/mol. The highest BCUT2D eigenvalue weighted by Gasteiger charge is 2.47. The van der Waals surface area contributed by atoms with Gasteiger partial charge in [-0.1, -0.05) is 33.1 Å². The number of ketones is 1. The van der Waals surface area contributed by atoms with Crippen molar-refractivity contribution in [2.24, 2.45) is 16.7 Å². The van der Waals surface area contributed by atoms with Gasteiger partial charge in [-0.25, -0.2) is 0 Å². The first-order valence-corrected chi connectivity index (χ1v) is 9.05. The molecule has 0 spiro atoms. The van der Waals surface area contributed by atoms with Crippen LogP contribution in [0.25, 0.3) is 0 Å². The summed E-state index contributed by atoms with van der Waals surface area (Å²) >= 11 is 0. The summed E-state index contributed by atoms with van der Waals surface area (Å²) in [4.78, 5) is 12.6. The Labute approximate surface area is 142 Å². The van der Waals surface area contributed by atoms with Crippen molar-refractivity contribution in [2.45, 2.75) is 84.2 Å². The molecule has 0 aliphatic heterocycles. The van der Waals surface area contributed by atoms with Crippen LogP contribution in [0.5, 0.6) is 0 Å². The summed E-state index contributed by atoms with van der Waals surface area (Å²) in [5.74, 6) is -0.627. The van der Waals surface area contributed by atoms with Crippen molar-refractivity contribution >= 4 is 5.78 Å². The van der Waals surface area contributed by atoms with E-state index >= 15 is 0 Å². The highest BCUT2D eigenvalue weighted by molar-refractivity contribution is 5.95. The first-order chi connectivity index (χ1) is 11.0. The minimum absolute atomic E-state index is 0.0115. The maximum absolute atomic E-state index is 13.0. The molecule has 2 aliphatic rings. The van der Waals surface area contributed by atoms with Gasteiger partial charge < -0.3 is 5.11 Å². The second kappa shape index (κ2) is 7.09. The number of alkyl halides is 3. The van der Waals surface area contributed by atoms with Gasteiger partial charge in [0.2, 0.25) is 0 Å². The maximum Gasteiger partial charge on any atom is 0.390 e. The molecule has 0 bridgehead atoms. The summed E-state index contributed by atoms with van der Waals surface area (Å²) in [6.45, 7) is 4.35. The third-order valence-electron chi connectivity index (χ3n) is 5.91. The fraction of sp³-hybridized carbons (Fsp3) is 0.842. The number of aliphatic hydroxyl groups excluding tert-OH is 1. The fourth-order valence-electron chi connectivity index (χ4n) is 4.22. The van der Waals surface area contributed by atoms with Gasteiger partial charge in [0.15, 0.2) is 5.78 Å². The van der Waals surface area contributed by atoms with Gasteiger partial charge in [0.25, 0.3) is 0 Å². The molecular weight excluding hydrogens is 317 g/mol. The van der Waals surface area contributed by atoms with E-state index in [9.17, 15) is 23.1 Å². The van der Waals surface area contributed by atoms with Crippen LogP contribution >= 0.6 is 0 Å². The predicted octanol–water partition coefficient (Wildman–Crippen LogP) is 6.12. The van der Waals surface area contributed by atoms with Gasteiger partial charge in [0.05, 0.1) is 12.2 Å². The topological polar surface area (TPSA) is 37.3 Å². The summed E-state index contributed by atoms with van der Waals surface area (Å²) in [6, 6.07) is 0. The van der Waals surface area contributed by atoms with E-state index in [1.807, 2.05) is 0 Å². The molecule has 2 rings (SSSR count). The van der Waals surface area contributed by atoms with Crippen molar-refractivity contribution in [3.8, 4) is 0 Å². The van der Waals surface area contributed by atoms with Crippen molar-refractivity contribution < 1.29 is 23.1 Å². The Hall–Kier alpha value is -1.00. The molecule has 0 radical (unpaired) electrons. The third kappa shape index (κ3) is 5.00. The molecule has 2 fully saturated rings. The molecule has 5 heteroatoms. The summed E-state index contributed by atoms with van der Waals surface area (Å²) in [5.41, 5.74) is -1.12. The Balaban J connectivity index is 2.11. The molecule has 0 saturated heterocycles. The molecular formula is C19H29F3O2. The lowest BCUT2D eigenvalue weighted by molar-refractivity contribution is -0.169. The van der Waals surface area contributed by atoms with Gasteiger partial charge in [0, 0.05) is 17.4 Å². The molecule has 0 atom stereocenters. The van der Waals surface area contributed by atoms with E-state index in [2.05, 4.69) is 13.8 Å². The lowest BCUT2D eigenvalue weighted by Gasteiger charge is -2.36. The van der Waals surface area contributed by atoms with E-state index in [1.54, 1.807) is 0 Å². The second-order valence-electron chi connectivity index (χ2n) is 8.50. The van der Waals surface area contributed by atoms with Crippen molar-refractivity contribution in [1.29, 1.82) is 0 Å². The zero-order valence-corrected chi connectivity index (χ0v) is 14.7. The number of carbonyl (C=O) groups excluding carboxylic acids is 1. The minimum atomic E-state index is -4.36. The van der Waals surface area contributed by atoms with Crippen LogP contribution in [-0.4, -0.2) is 17.1 Å². The Morgan fingerprint density at radius 1 is 1.08 bits per heavy atom. The Kier molecular flexibility index (Phi) is 5.71. The lowest BCUT2D eigenvalue weighted by Crippen LogP contribution is -2.37. The standard InChI is InChI=1S/C19H29F3O2/c1-17(2)10-6-14(7-11-17)15(23)12-16(24)18(13-19(20,21)22)8-4-3-5-9-18/h12,14,23H,3-11,13H2,1-2H3/b15-12-. The van der Waals surface area contributed by atoms with E-state index in [0.29, 0.717) is 12.8 Å². The molecule has 0 heterocycles. The number of allylic oxidation sites excluding steroid dienone is 2.